The maximum atomic E-state index is 13.1. The standard InChI is InChI=1S/C12H15FN2O/c1-8(16)15-6-11(12(14)7-15)9-3-2-4-10(13)5-9/h2-5,11-12H,6-7,14H2,1H3/t11-,12+/m0/s1. The molecule has 0 unspecified atom stereocenters. The summed E-state index contributed by atoms with van der Waals surface area (Å²) in [5, 5.41) is 0. The molecule has 1 aliphatic rings. The van der Waals surface area contributed by atoms with Gasteiger partial charge in [-0.25, -0.2) is 4.39 Å². The van der Waals surface area contributed by atoms with Crippen molar-refractivity contribution in [2.24, 2.45) is 5.73 Å². The molecule has 2 rings (SSSR count). The van der Waals surface area contributed by atoms with Gasteiger partial charge in [0.2, 0.25) is 5.91 Å². The minimum absolute atomic E-state index is 0.0225. The van der Waals surface area contributed by atoms with Crippen molar-refractivity contribution in [1.82, 2.24) is 4.90 Å². The number of carbonyl (C=O) groups excluding carboxylic acids is 1. The zero-order chi connectivity index (χ0) is 11.7. The fraction of sp³-hybridized carbons (Fsp3) is 0.417. The van der Waals surface area contributed by atoms with Crippen LogP contribution in [0.15, 0.2) is 24.3 Å². The summed E-state index contributed by atoms with van der Waals surface area (Å²) in [5.74, 6) is -0.195. The van der Waals surface area contributed by atoms with Gasteiger partial charge in [-0.1, -0.05) is 12.1 Å². The summed E-state index contributed by atoms with van der Waals surface area (Å²) in [7, 11) is 0. The molecule has 1 heterocycles. The highest BCUT2D eigenvalue weighted by Crippen LogP contribution is 2.26. The van der Waals surface area contributed by atoms with Crippen LogP contribution in [0.3, 0.4) is 0 Å². The zero-order valence-corrected chi connectivity index (χ0v) is 9.19. The molecule has 1 amide bonds. The fourth-order valence-corrected chi connectivity index (χ4v) is 2.18. The van der Waals surface area contributed by atoms with Crippen molar-refractivity contribution in [2.45, 2.75) is 18.9 Å². The Morgan fingerprint density at radius 1 is 1.50 bits per heavy atom. The summed E-state index contributed by atoms with van der Waals surface area (Å²) >= 11 is 0. The summed E-state index contributed by atoms with van der Waals surface area (Å²) in [6.45, 7) is 2.66. The van der Waals surface area contributed by atoms with E-state index < -0.39 is 0 Å². The predicted molar refractivity (Wildman–Crippen MR) is 59.4 cm³/mol. The molecule has 0 saturated carbocycles. The van der Waals surface area contributed by atoms with Crippen LogP contribution >= 0.6 is 0 Å². The third-order valence-corrected chi connectivity index (χ3v) is 3.09. The molecule has 1 fully saturated rings. The van der Waals surface area contributed by atoms with E-state index in [-0.39, 0.29) is 23.7 Å². The van der Waals surface area contributed by atoms with Gasteiger partial charge in [0.15, 0.2) is 0 Å². The molecule has 16 heavy (non-hydrogen) atoms. The molecule has 2 atom stereocenters. The molecule has 1 aromatic rings. The van der Waals surface area contributed by atoms with Crippen LogP contribution in [0.2, 0.25) is 0 Å². The lowest BCUT2D eigenvalue weighted by atomic mass is 9.95. The van der Waals surface area contributed by atoms with Gasteiger partial charge in [-0.3, -0.25) is 4.79 Å². The van der Waals surface area contributed by atoms with E-state index in [1.165, 1.54) is 19.1 Å². The Labute approximate surface area is 94.0 Å². The molecular weight excluding hydrogens is 207 g/mol. The van der Waals surface area contributed by atoms with E-state index >= 15 is 0 Å². The molecule has 4 heteroatoms. The number of rotatable bonds is 1. The van der Waals surface area contributed by atoms with Gasteiger partial charge in [0, 0.05) is 32.0 Å². The van der Waals surface area contributed by atoms with Crippen molar-refractivity contribution in [1.29, 1.82) is 0 Å². The molecule has 1 aromatic carbocycles. The van der Waals surface area contributed by atoms with E-state index in [9.17, 15) is 9.18 Å². The van der Waals surface area contributed by atoms with Crippen LogP contribution in [0.4, 0.5) is 4.39 Å². The lowest BCUT2D eigenvalue weighted by Gasteiger charge is -2.14. The third-order valence-electron chi connectivity index (χ3n) is 3.09. The lowest BCUT2D eigenvalue weighted by molar-refractivity contribution is -0.127. The fourth-order valence-electron chi connectivity index (χ4n) is 2.18. The second kappa shape index (κ2) is 4.22. The molecule has 0 bridgehead atoms. The van der Waals surface area contributed by atoms with E-state index in [1.807, 2.05) is 6.07 Å². The van der Waals surface area contributed by atoms with Crippen LogP contribution in [-0.4, -0.2) is 29.9 Å². The van der Waals surface area contributed by atoms with Crippen LogP contribution in [0.25, 0.3) is 0 Å². The largest absolute Gasteiger partial charge is 0.341 e. The Morgan fingerprint density at radius 3 is 2.81 bits per heavy atom. The van der Waals surface area contributed by atoms with Gasteiger partial charge in [0.05, 0.1) is 0 Å². The Hall–Kier alpha value is -1.42. The number of nitrogens with two attached hydrogens (primary N) is 1. The van der Waals surface area contributed by atoms with Crippen molar-refractivity contribution in [3.8, 4) is 0 Å². The average molecular weight is 222 g/mol. The first-order valence-corrected chi connectivity index (χ1v) is 5.34. The molecule has 3 nitrogen and oxygen atoms in total. The Morgan fingerprint density at radius 2 is 2.25 bits per heavy atom. The van der Waals surface area contributed by atoms with E-state index in [0.29, 0.717) is 13.1 Å². The van der Waals surface area contributed by atoms with Crippen LogP contribution in [0, 0.1) is 5.82 Å². The predicted octanol–water partition coefficient (Wildman–Crippen LogP) is 1.10. The summed E-state index contributed by atoms with van der Waals surface area (Å²) in [6, 6.07) is 6.33. The monoisotopic (exact) mass is 222 g/mol. The number of hydrogen-bond donors (Lipinski definition) is 1. The summed E-state index contributed by atoms with van der Waals surface area (Å²) in [6.07, 6.45) is 0. The molecule has 1 saturated heterocycles. The normalized spacial score (nSPS) is 24.8. The van der Waals surface area contributed by atoms with E-state index in [0.717, 1.165) is 5.56 Å². The maximum Gasteiger partial charge on any atom is 0.219 e. The minimum Gasteiger partial charge on any atom is -0.341 e. The highest BCUT2D eigenvalue weighted by molar-refractivity contribution is 5.73. The summed E-state index contributed by atoms with van der Waals surface area (Å²) < 4.78 is 13.1. The minimum atomic E-state index is -0.258. The number of halogens is 1. The van der Waals surface area contributed by atoms with E-state index in [2.05, 4.69) is 0 Å². The van der Waals surface area contributed by atoms with Gasteiger partial charge in [-0.05, 0) is 17.7 Å². The second-order valence-corrected chi connectivity index (χ2v) is 4.25. The Bertz CT molecular complexity index is 408. The number of hydrogen-bond acceptors (Lipinski definition) is 2. The molecule has 1 aliphatic heterocycles. The van der Waals surface area contributed by atoms with Gasteiger partial charge in [-0.2, -0.15) is 0 Å². The van der Waals surface area contributed by atoms with Crippen molar-refractivity contribution in [2.75, 3.05) is 13.1 Å². The first-order chi connectivity index (χ1) is 7.58. The molecule has 0 spiro atoms. The number of nitrogens with zero attached hydrogens (tertiary/aromatic N) is 1. The second-order valence-electron chi connectivity index (χ2n) is 4.25. The highest BCUT2D eigenvalue weighted by Gasteiger charge is 2.32. The van der Waals surface area contributed by atoms with E-state index in [1.54, 1.807) is 11.0 Å². The molecule has 2 N–H and O–H groups in total. The number of likely N-dealkylation sites (tertiary alicyclic amines) is 1. The quantitative estimate of drug-likeness (QED) is 0.773. The van der Waals surface area contributed by atoms with Crippen molar-refractivity contribution in [3.05, 3.63) is 35.6 Å². The topological polar surface area (TPSA) is 46.3 Å². The maximum absolute atomic E-state index is 13.1. The Kier molecular flexibility index (Phi) is 2.92. The molecule has 0 aromatic heterocycles. The van der Waals surface area contributed by atoms with Gasteiger partial charge in [-0.15, -0.1) is 0 Å². The zero-order valence-electron chi connectivity index (χ0n) is 9.19. The number of benzene rings is 1. The SMILES string of the molecule is CC(=O)N1C[C@@H](N)[C@H](c2cccc(F)c2)C1. The first kappa shape index (κ1) is 11.1. The number of carbonyl (C=O) groups is 1. The third kappa shape index (κ3) is 2.07. The van der Waals surface area contributed by atoms with Gasteiger partial charge in [0.25, 0.3) is 0 Å². The first-order valence-electron chi connectivity index (χ1n) is 5.34. The average Bonchev–Trinajstić information content (AvgIpc) is 2.60. The summed E-state index contributed by atoms with van der Waals surface area (Å²) in [5.41, 5.74) is 6.84. The van der Waals surface area contributed by atoms with Gasteiger partial charge in [0.1, 0.15) is 5.82 Å². The van der Waals surface area contributed by atoms with Crippen molar-refractivity contribution < 1.29 is 9.18 Å². The molecule has 0 radical (unpaired) electrons. The smallest absolute Gasteiger partial charge is 0.219 e. The highest BCUT2D eigenvalue weighted by atomic mass is 19.1. The summed E-state index contributed by atoms with van der Waals surface area (Å²) in [4.78, 5) is 12.9. The van der Waals surface area contributed by atoms with Crippen LogP contribution in [0.1, 0.15) is 18.4 Å². The van der Waals surface area contributed by atoms with Crippen LogP contribution in [0.5, 0.6) is 0 Å². The van der Waals surface area contributed by atoms with Gasteiger partial charge < -0.3 is 10.6 Å². The lowest BCUT2D eigenvalue weighted by Crippen LogP contribution is -2.30. The molecular formula is C12H15FN2O. The van der Waals surface area contributed by atoms with Crippen LogP contribution in [-0.2, 0) is 4.79 Å². The van der Waals surface area contributed by atoms with Gasteiger partial charge >= 0.3 is 0 Å². The molecule has 0 aliphatic carbocycles. The van der Waals surface area contributed by atoms with Crippen molar-refractivity contribution in [3.63, 3.8) is 0 Å². The van der Waals surface area contributed by atoms with Crippen molar-refractivity contribution >= 4 is 5.91 Å². The number of amides is 1. The van der Waals surface area contributed by atoms with E-state index in [4.69, 9.17) is 5.73 Å². The molecule has 86 valence electrons. The van der Waals surface area contributed by atoms with Crippen LogP contribution < -0.4 is 5.73 Å². The Balaban J connectivity index is 2.19.